The summed E-state index contributed by atoms with van der Waals surface area (Å²) in [7, 11) is 1.64. The first kappa shape index (κ1) is 24.2. The maximum Gasteiger partial charge on any atom is 0.262 e. The molecular formula is C26H30N4O3S. The number of ether oxygens (including phenoxy) is 1. The molecule has 1 unspecified atom stereocenters. The SMILES string of the molecule is COCCCn1c(=O)c2ccccc2n2c(SC(C)C(=O)c3ccc(C(C)(C)C)cc3)nnc12. The average Bonchev–Trinajstić information content (AvgIpc) is 3.23. The number of aromatic nitrogens is 4. The van der Waals surface area contributed by atoms with E-state index < -0.39 is 0 Å². The van der Waals surface area contributed by atoms with Crippen LogP contribution >= 0.6 is 11.8 Å². The number of benzene rings is 2. The zero-order chi connectivity index (χ0) is 24.5. The smallest absolute Gasteiger partial charge is 0.262 e. The molecule has 4 aromatic rings. The van der Waals surface area contributed by atoms with Crippen LogP contribution in [0.15, 0.2) is 58.5 Å². The lowest BCUT2D eigenvalue weighted by molar-refractivity contribution is 0.0994. The first-order valence-corrected chi connectivity index (χ1v) is 12.3. The van der Waals surface area contributed by atoms with Crippen molar-refractivity contribution in [3.63, 3.8) is 0 Å². The van der Waals surface area contributed by atoms with E-state index in [0.29, 0.717) is 41.5 Å². The van der Waals surface area contributed by atoms with Gasteiger partial charge >= 0.3 is 0 Å². The van der Waals surface area contributed by atoms with E-state index in [1.54, 1.807) is 11.7 Å². The lowest BCUT2D eigenvalue weighted by Gasteiger charge is -2.19. The van der Waals surface area contributed by atoms with Crippen LogP contribution < -0.4 is 5.56 Å². The Balaban J connectivity index is 1.69. The van der Waals surface area contributed by atoms with Crippen molar-refractivity contribution < 1.29 is 9.53 Å². The first-order chi connectivity index (χ1) is 16.2. The van der Waals surface area contributed by atoms with Gasteiger partial charge in [-0.25, -0.2) is 0 Å². The highest BCUT2D eigenvalue weighted by Crippen LogP contribution is 2.28. The number of carbonyl (C=O) groups excluding carboxylic acids is 1. The summed E-state index contributed by atoms with van der Waals surface area (Å²) in [6.07, 6.45) is 0.680. The van der Waals surface area contributed by atoms with Crippen LogP contribution in [0.2, 0.25) is 0 Å². The third kappa shape index (κ3) is 4.65. The van der Waals surface area contributed by atoms with E-state index in [0.717, 1.165) is 5.52 Å². The number of thioether (sulfide) groups is 1. The standard InChI is InChI=1S/C26H30N4O3S/c1-17(22(31)18-11-13-19(14-12-18)26(2,3)4)34-25-28-27-24-29(15-8-16-33-5)23(32)20-9-6-7-10-21(20)30(24)25/h6-7,9-14,17H,8,15-16H2,1-5H3. The molecule has 178 valence electrons. The third-order valence-electron chi connectivity index (χ3n) is 5.90. The monoisotopic (exact) mass is 478 g/mol. The van der Waals surface area contributed by atoms with Gasteiger partial charge in [0.05, 0.1) is 16.2 Å². The van der Waals surface area contributed by atoms with Gasteiger partial charge in [0.1, 0.15) is 0 Å². The van der Waals surface area contributed by atoms with Crippen molar-refractivity contribution in [2.75, 3.05) is 13.7 Å². The average molecular weight is 479 g/mol. The molecule has 4 rings (SSSR count). The minimum atomic E-state index is -0.375. The van der Waals surface area contributed by atoms with Gasteiger partial charge in [-0.1, -0.05) is 68.9 Å². The zero-order valence-corrected chi connectivity index (χ0v) is 21.1. The maximum atomic E-state index is 13.2. The molecule has 2 aromatic heterocycles. The highest BCUT2D eigenvalue weighted by atomic mass is 32.2. The van der Waals surface area contributed by atoms with Crippen LogP contribution in [0.5, 0.6) is 0 Å². The van der Waals surface area contributed by atoms with Gasteiger partial charge in [-0.15, -0.1) is 10.2 Å². The number of hydrogen-bond donors (Lipinski definition) is 0. The first-order valence-electron chi connectivity index (χ1n) is 11.4. The minimum absolute atomic E-state index is 0.0277. The van der Waals surface area contributed by atoms with E-state index in [-0.39, 0.29) is 22.0 Å². The van der Waals surface area contributed by atoms with Gasteiger partial charge < -0.3 is 4.74 Å². The molecule has 0 radical (unpaired) electrons. The van der Waals surface area contributed by atoms with Crippen LogP contribution in [0.1, 0.15) is 50.0 Å². The van der Waals surface area contributed by atoms with E-state index in [4.69, 9.17) is 4.74 Å². The number of nitrogens with zero attached hydrogens (tertiary/aromatic N) is 4. The number of ketones is 1. The summed E-state index contributed by atoms with van der Waals surface area (Å²) in [4.78, 5) is 26.3. The fourth-order valence-corrected chi connectivity index (χ4v) is 4.89. The lowest BCUT2D eigenvalue weighted by Crippen LogP contribution is -2.24. The molecule has 0 bridgehead atoms. The summed E-state index contributed by atoms with van der Waals surface area (Å²) in [5.41, 5.74) is 2.51. The molecule has 0 saturated heterocycles. The summed E-state index contributed by atoms with van der Waals surface area (Å²) in [6, 6.07) is 15.2. The van der Waals surface area contributed by atoms with Crippen LogP contribution in [0.4, 0.5) is 0 Å². The lowest BCUT2D eigenvalue weighted by atomic mass is 9.86. The van der Waals surface area contributed by atoms with Gasteiger partial charge in [0.15, 0.2) is 10.9 Å². The van der Waals surface area contributed by atoms with Gasteiger partial charge in [0.25, 0.3) is 5.56 Å². The molecule has 1 atom stereocenters. The zero-order valence-electron chi connectivity index (χ0n) is 20.2. The van der Waals surface area contributed by atoms with Crippen LogP contribution in [0.3, 0.4) is 0 Å². The van der Waals surface area contributed by atoms with E-state index in [1.165, 1.54) is 17.3 Å². The quantitative estimate of drug-likeness (QED) is 0.207. The molecule has 0 spiro atoms. The van der Waals surface area contributed by atoms with Crippen molar-refractivity contribution in [1.29, 1.82) is 0 Å². The van der Waals surface area contributed by atoms with Crippen molar-refractivity contribution >= 4 is 34.2 Å². The van der Waals surface area contributed by atoms with Crippen molar-refractivity contribution in [3.05, 3.63) is 70.0 Å². The van der Waals surface area contributed by atoms with Gasteiger partial charge in [-0.3, -0.25) is 18.6 Å². The van der Waals surface area contributed by atoms with Crippen LogP contribution in [-0.2, 0) is 16.7 Å². The van der Waals surface area contributed by atoms with Crippen molar-refractivity contribution in [1.82, 2.24) is 19.2 Å². The Hall–Kier alpha value is -2.97. The predicted molar refractivity (Wildman–Crippen MR) is 136 cm³/mol. The second kappa shape index (κ2) is 9.72. The Kier molecular flexibility index (Phi) is 6.91. The maximum absolute atomic E-state index is 13.2. The predicted octanol–water partition coefficient (Wildman–Crippen LogP) is 4.74. The number of Topliss-reactive ketones (excluding diaryl/α,β-unsaturated/α-hetero) is 1. The van der Waals surface area contributed by atoms with Crippen molar-refractivity contribution in [2.24, 2.45) is 0 Å². The molecule has 34 heavy (non-hydrogen) atoms. The molecule has 0 amide bonds. The van der Waals surface area contributed by atoms with Crippen LogP contribution in [0, 0.1) is 0 Å². The highest BCUT2D eigenvalue weighted by Gasteiger charge is 2.23. The van der Waals surface area contributed by atoms with E-state index in [1.807, 2.05) is 59.9 Å². The molecule has 0 fully saturated rings. The molecule has 2 aromatic carbocycles. The summed E-state index contributed by atoms with van der Waals surface area (Å²) in [5, 5.41) is 9.50. The van der Waals surface area contributed by atoms with E-state index in [2.05, 4.69) is 31.0 Å². The van der Waals surface area contributed by atoms with Gasteiger partial charge in [-0.05, 0) is 36.5 Å². The Morgan fingerprint density at radius 1 is 1.09 bits per heavy atom. The molecule has 7 nitrogen and oxygen atoms in total. The molecule has 0 aliphatic heterocycles. The van der Waals surface area contributed by atoms with E-state index in [9.17, 15) is 9.59 Å². The van der Waals surface area contributed by atoms with Crippen LogP contribution in [0.25, 0.3) is 16.7 Å². The molecule has 0 aliphatic rings. The van der Waals surface area contributed by atoms with Crippen molar-refractivity contribution in [3.8, 4) is 0 Å². The van der Waals surface area contributed by atoms with Crippen LogP contribution in [-0.4, -0.2) is 43.9 Å². The molecule has 0 N–H and O–H groups in total. The summed E-state index contributed by atoms with van der Waals surface area (Å²) in [5.74, 6) is 0.497. The van der Waals surface area contributed by atoms with Crippen molar-refractivity contribution in [2.45, 2.75) is 56.5 Å². The topological polar surface area (TPSA) is 78.5 Å². The third-order valence-corrected chi connectivity index (χ3v) is 6.94. The molecule has 0 saturated carbocycles. The fourth-order valence-electron chi connectivity index (χ4n) is 3.96. The number of carbonyl (C=O) groups is 1. The number of rotatable bonds is 8. The number of para-hydroxylation sites is 1. The highest BCUT2D eigenvalue weighted by molar-refractivity contribution is 8.00. The Bertz CT molecular complexity index is 1380. The Labute approximate surface area is 203 Å². The molecule has 8 heteroatoms. The number of aryl methyl sites for hydroxylation is 1. The summed E-state index contributed by atoms with van der Waals surface area (Å²) >= 11 is 1.35. The van der Waals surface area contributed by atoms with Gasteiger partial charge in [0, 0.05) is 25.8 Å². The molecule has 0 aliphatic carbocycles. The van der Waals surface area contributed by atoms with Gasteiger partial charge in [-0.2, -0.15) is 0 Å². The second-order valence-electron chi connectivity index (χ2n) is 9.39. The Morgan fingerprint density at radius 2 is 1.79 bits per heavy atom. The largest absolute Gasteiger partial charge is 0.385 e. The molecule has 2 heterocycles. The number of fused-ring (bicyclic) bond motifs is 3. The summed E-state index contributed by atoms with van der Waals surface area (Å²) < 4.78 is 8.67. The second-order valence-corrected chi connectivity index (χ2v) is 10.7. The summed E-state index contributed by atoms with van der Waals surface area (Å²) in [6.45, 7) is 9.34. The fraction of sp³-hybridized carbons (Fsp3) is 0.385. The normalized spacial score (nSPS) is 13.0. The number of methoxy groups -OCH3 is 1. The Morgan fingerprint density at radius 3 is 2.47 bits per heavy atom. The molecular weight excluding hydrogens is 448 g/mol. The number of hydrogen-bond acceptors (Lipinski definition) is 6. The minimum Gasteiger partial charge on any atom is -0.385 e. The van der Waals surface area contributed by atoms with Gasteiger partial charge in [0.2, 0.25) is 5.78 Å². The van der Waals surface area contributed by atoms with E-state index >= 15 is 0 Å².